The minimum absolute atomic E-state index is 0.0380. The average Bonchev–Trinajstić information content (AvgIpc) is 3.00. The van der Waals surface area contributed by atoms with Gasteiger partial charge in [-0.25, -0.2) is 0 Å². The summed E-state index contributed by atoms with van der Waals surface area (Å²) in [7, 11) is 0. The third kappa shape index (κ3) is 2.94. The largest absolute Gasteiger partial charge is 0.350 e. The number of fused-ring (bicyclic) bond motifs is 3. The quantitative estimate of drug-likeness (QED) is 0.862. The third-order valence-electron chi connectivity index (χ3n) is 5.48. The molecule has 2 aromatic carbocycles. The highest BCUT2D eigenvalue weighted by atomic mass is 35.5. The van der Waals surface area contributed by atoms with Gasteiger partial charge in [-0.1, -0.05) is 41.9 Å². The monoisotopic (exact) mass is 397 g/mol. The molecular weight excluding hydrogens is 378 g/mol. The van der Waals surface area contributed by atoms with Gasteiger partial charge in [0.25, 0.3) is 5.91 Å². The van der Waals surface area contributed by atoms with E-state index < -0.39 is 5.66 Å². The predicted molar refractivity (Wildman–Crippen MR) is 106 cm³/mol. The van der Waals surface area contributed by atoms with Gasteiger partial charge >= 0.3 is 0 Å². The van der Waals surface area contributed by atoms with E-state index in [9.17, 15) is 14.4 Å². The lowest BCUT2D eigenvalue weighted by molar-refractivity contribution is -0.124. The van der Waals surface area contributed by atoms with Crippen molar-refractivity contribution >= 4 is 35.0 Å². The number of hydrogen-bond donors (Lipinski definition) is 1. The minimum atomic E-state index is -0.843. The van der Waals surface area contributed by atoms with Gasteiger partial charge in [0.15, 0.2) is 0 Å². The van der Waals surface area contributed by atoms with Gasteiger partial charge in [-0.2, -0.15) is 0 Å². The summed E-state index contributed by atoms with van der Waals surface area (Å²) in [6.07, 6.45) is 0.833. The van der Waals surface area contributed by atoms with Gasteiger partial charge in [-0.15, -0.1) is 0 Å². The number of hydrogen-bond acceptors (Lipinski definition) is 3. The van der Waals surface area contributed by atoms with E-state index in [-0.39, 0.29) is 30.8 Å². The van der Waals surface area contributed by atoms with Crippen molar-refractivity contribution in [2.24, 2.45) is 0 Å². The molecule has 2 aliphatic heterocycles. The molecule has 3 amide bonds. The number of halogens is 1. The first-order chi connectivity index (χ1) is 13.4. The molecule has 6 nitrogen and oxygen atoms in total. The fourth-order valence-corrected chi connectivity index (χ4v) is 4.18. The van der Waals surface area contributed by atoms with Crippen LogP contribution in [0, 0.1) is 0 Å². The predicted octanol–water partition coefficient (Wildman–Crippen LogP) is 2.96. The van der Waals surface area contributed by atoms with Crippen molar-refractivity contribution < 1.29 is 14.4 Å². The number of para-hydroxylation sites is 1. The molecule has 0 saturated carbocycles. The van der Waals surface area contributed by atoms with E-state index in [4.69, 9.17) is 11.6 Å². The lowest BCUT2D eigenvalue weighted by Crippen LogP contribution is -2.63. The van der Waals surface area contributed by atoms with Gasteiger partial charge < -0.3 is 10.2 Å². The third-order valence-corrected chi connectivity index (χ3v) is 5.85. The number of carbonyl (C=O) groups is 3. The first-order valence-electron chi connectivity index (χ1n) is 9.16. The van der Waals surface area contributed by atoms with Crippen molar-refractivity contribution in [3.8, 4) is 0 Å². The Balaban J connectivity index is 1.57. The second-order valence-electron chi connectivity index (χ2n) is 7.22. The number of anilines is 1. The van der Waals surface area contributed by atoms with Gasteiger partial charge in [0.05, 0.1) is 11.3 Å². The Morgan fingerprint density at radius 3 is 2.64 bits per heavy atom. The number of nitrogens with one attached hydrogen (secondary N) is 1. The summed E-state index contributed by atoms with van der Waals surface area (Å²) in [5.74, 6) is -0.575. The van der Waals surface area contributed by atoms with Gasteiger partial charge in [-0.3, -0.25) is 19.3 Å². The normalized spacial score (nSPS) is 20.8. The second-order valence-corrected chi connectivity index (χ2v) is 7.63. The van der Waals surface area contributed by atoms with Gasteiger partial charge in [-0.05, 0) is 37.1 Å². The summed E-state index contributed by atoms with van der Waals surface area (Å²) >= 11 is 6.13. The van der Waals surface area contributed by atoms with E-state index in [1.54, 1.807) is 29.2 Å². The topological polar surface area (TPSA) is 69.7 Å². The van der Waals surface area contributed by atoms with Crippen LogP contribution in [0.5, 0.6) is 0 Å². The van der Waals surface area contributed by atoms with Crippen LogP contribution in [0.3, 0.4) is 0 Å². The molecule has 1 N–H and O–H groups in total. The Morgan fingerprint density at radius 2 is 1.86 bits per heavy atom. The Kier molecular flexibility index (Phi) is 4.59. The molecule has 0 aliphatic carbocycles. The molecule has 1 saturated heterocycles. The second kappa shape index (κ2) is 6.95. The Labute approximate surface area is 168 Å². The number of benzene rings is 2. The van der Waals surface area contributed by atoms with Crippen LogP contribution in [0.4, 0.5) is 5.69 Å². The molecule has 0 radical (unpaired) electrons. The molecule has 28 heavy (non-hydrogen) atoms. The van der Waals surface area contributed by atoms with E-state index in [0.717, 1.165) is 5.56 Å². The van der Waals surface area contributed by atoms with E-state index in [0.29, 0.717) is 29.1 Å². The molecule has 0 spiro atoms. The summed E-state index contributed by atoms with van der Waals surface area (Å²) in [6, 6.07) is 14.3. The van der Waals surface area contributed by atoms with E-state index in [1.807, 2.05) is 31.2 Å². The molecule has 2 aliphatic rings. The number of carbonyl (C=O) groups excluding carboxylic acids is 3. The van der Waals surface area contributed by atoms with Crippen LogP contribution in [0.1, 0.15) is 35.7 Å². The zero-order chi connectivity index (χ0) is 19.9. The first-order valence-corrected chi connectivity index (χ1v) is 9.54. The van der Waals surface area contributed by atoms with Crippen molar-refractivity contribution in [2.75, 3.05) is 11.4 Å². The molecule has 2 aromatic rings. The van der Waals surface area contributed by atoms with Gasteiger partial charge in [0, 0.05) is 18.0 Å². The van der Waals surface area contributed by atoms with Gasteiger partial charge in [0.1, 0.15) is 12.2 Å². The zero-order valence-corrected chi connectivity index (χ0v) is 16.2. The Bertz CT molecular complexity index is 977. The number of amides is 3. The maximum Gasteiger partial charge on any atom is 0.258 e. The highest BCUT2D eigenvalue weighted by molar-refractivity contribution is 6.31. The van der Waals surface area contributed by atoms with Crippen molar-refractivity contribution in [1.29, 1.82) is 0 Å². The smallest absolute Gasteiger partial charge is 0.258 e. The summed E-state index contributed by atoms with van der Waals surface area (Å²) in [4.78, 5) is 41.4. The molecule has 1 atom stereocenters. The molecule has 2 heterocycles. The number of nitrogens with zero attached hydrogens (tertiary/aromatic N) is 2. The molecule has 1 unspecified atom stereocenters. The van der Waals surface area contributed by atoms with Crippen LogP contribution >= 0.6 is 11.6 Å². The maximum atomic E-state index is 13.1. The fourth-order valence-electron chi connectivity index (χ4n) is 3.98. The van der Waals surface area contributed by atoms with E-state index in [1.165, 1.54) is 4.90 Å². The molecule has 0 bridgehead atoms. The van der Waals surface area contributed by atoms with Crippen molar-refractivity contribution in [2.45, 2.75) is 32.0 Å². The number of rotatable bonds is 4. The summed E-state index contributed by atoms with van der Waals surface area (Å²) in [5.41, 5.74) is 1.01. The van der Waals surface area contributed by atoms with Crippen LogP contribution in [-0.2, 0) is 16.1 Å². The minimum Gasteiger partial charge on any atom is -0.350 e. The van der Waals surface area contributed by atoms with Crippen molar-refractivity contribution in [1.82, 2.24) is 10.2 Å². The van der Waals surface area contributed by atoms with Crippen LogP contribution in [-0.4, -0.2) is 34.8 Å². The molecule has 4 rings (SSSR count). The molecule has 1 fully saturated rings. The summed E-state index contributed by atoms with van der Waals surface area (Å²) in [5, 5.41) is 3.39. The average molecular weight is 398 g/mol. The lowest BCUT2D eigenvalue weighted by atomic mass is 9.98. The summed E-state index contributed by atoms with van der Waals surface area (Å²) < 4.78 is 0. The van der Waals surface area contributed by atoms with E-state index >= 15 is 0 Å². The zero-order valence-electron chi connectivity index (χ0n) is 15.4. The molecule has 144 valence electrons. The molecular formula is C21H20ClN3O3. The van der Waals surface area contributed by atoms with Crippen LogP contribution in [0.25, 0.3) is 0 Å². The fraction of sp³-hybridized carbons (Fsp3) is 0.286. The molecule has 7 heteroatoms. The maximum absolute atomic E-state index is 13.1. The van der Waals surface area contributed by atoms with E-state index in [2.05, 4.69) is 5.32 Å². The first kappa shape index (κ1) is 18.5. The van der Waals surface area contributed by atoms with Crippen LogP contribution < -0.4 is 10.2 Å². The Hall–Kier alpha value is -2.86. The SMILES string of the molecule is CC12CCC(=O)N1c1ccccc1C(=O)N2CC(=O)NCc1ccccc1Cl. The van der Waals surface area contributed by atoms with Crippen LogP contribution in [0.2, 0.25) is 5.02 Å². The van der Waals surface area contributed by atoms with Gasteiger partial charge in [0.2, 0.25) is 11.8 Å². The molecule has 0 aromatic heterocycles. The van der Waals surface area contributed by atoms with Crippen molar-refractivity contribution in [3.63, 3.8) is 0 Å². The van der Waals surface area contributed by atoms with Crippen molar-refractivity contribution in [3.05, 3.63) is 64.7 Å². The lowest BCUT2D eigenvalue weighted by Gasteiger charge is -2.48. The highest BCUT2D eigenvalue weighted by Gasteiger charge is 2.53. The van der Waals surface area contributed by atoms with Crippen LogP contribution in [0.15, 0.2) is 48.5 Å². The standard InChI is InChI=1S/C21H20ClN3O3/c1-21-11-10-19(27)25(21)17-9-5-3-7-15(17)20(28)24(21)13-18(26)23-12-14-6-2-4-8-16(14)22/h2-9H,10-13H2,1H3,(H,23,26). The highest BCUT2D eigenvalue weighted by Crippen LogP contribution is 2.43. The summed E-state index contributed by atoms with van der Waals surface area (Å²) in [6.45, 7) is 1.99. The Morgan fingerprint density at radius 1 is 1.14 bits per heavy atom.